The van der Waals surface area contributed by atoms with E-state index in [0.29, 0.717) is 10.5 Å². The average molecular weight is 357 g/mol. The predicted molar refractivity (Wildman–Crippen MR) is 75.1 cm³/mol. The lowest BCUT2D eigenvalue weighted by molar-refractivity contribution is -0.385. The third-order valence-corrected chi connectivity index (χ3v) is 3.19. The first-order valence-corrected chi connectivity index (χ1v) is 6.37. The summed E-state index contributed by atoms with van der Waals surface area (Å²) in [6, 6.07) is 6.13. The average Bonchev–Trinajstić information content (AvgIpc) is 2.41. The molecule has 0 spiro atoms. The SMILES string of the molecule is O=C(Nc1ccc(F)cc1Br)c1cc(F)cc([N+](=O)[O-])c1. The predicted octanol–water partition coefficient (Wildman–Crippen LogP) is 3.89. The number of nitro groups is 1. The molecule has 1 N–H and O–H groups in total. The molecule has 0 aliphatic rings. The second kappa shape index (κ2) is 5.96. The minimum absolute atomic E-state index is 0.210. The number of carbonyl (C=O) groups excluding carboxylic acids is 1. The number of rotatable bonds is 3. The highest BCUT2D eigenvalue weighted by Crippen LogP contribution is 2.24. The number of nitrogens with zero attached hydrogens (tertiary/aromatic N) is 1. The Morgan fingerprint density at radius 1 is 1.14 bits per heavy atom. The molecule has 0 radical (unpaired) electrons. The number of hydrogen-bond donors (Lipinski definition) is 1. The normalized spacial score (nSPS) is 10.2. The molecule has 0 saturated carbocycles. The van der Waals surface area contributed by atoms with E-state index < -0.39 is 28.2 Å². The Balaban J connectivity index is 2.30. The lowest BCUT2D eigenvalue weighted by Crippen LogP contribution is -2.13. The number of nitro benzene ring substituents is 1. The lowest BCUT2D eigenvalue weighted by Gasteiger charge is -2.07. The summed E-state index contributed by atoms with van der Waals surface area (Å²) >= 11 is 3.06. The van der Waals surface area contributed by atoms with Crippen LogP contribution in [-0.2, 0) is 0 Å². The molecule has 1 amide bonds. The van der Waals surface area contributed by atoms with Crippen LogP contribution < -0.4 is 5.32 Å². The summed E-state index contributed by atoms with van der Waals surface area (Å²) in [5.74, 6) is -2.14. The molecule has 108 valence electrons. The van der Waals surface area contributed by atoms with Gasteiger partial charge in [-0.05, 0) is 40.2 Å². The van der Waals surface area contributed by atoms with Crippen LogP contribution in [0.5, 0.6) is 0 Å². The van der Waals surface area contributed by atoms with Crippen LogP contribution in [0.25, 0.3) is 0 Å². The van der Waals surface area contributed by atoms with Gasteiger partial charge in [0.25, 0.3) is 11.6 Å². The van der Waals surface area contributed by atoms with Gasteiger partial charge in [-0.15, -0.1) is 0 Å². The monoisotopic (exact) mass is 356 g/mol. The van der Waals surface area contributed by atoms with Crippen LogP contribution in [0, 0.1) is 21.7 Å². The van der Waals surface area contributed by atoms with Crippen molar-refractivity contribution in [2.24, 2.45) is 0 Å². The van der Waals surface area contributed by atoms with Crippen molar-refractivity contribution in [1.29, 1.82) is 0 Å². The molecule has 0 fully saturated rings. The zero-order valence-corrected chi connectivity index (χ0v) is 11.9. The molecule has 0 aromatic heterocycles. The molecule has 0 atom stereocenters. The van der Waals surface area contributed by atoms with E-state index in [0.717, 1.165) is 24.3 Å². The molecule has 2 aromatic rings. The van der Waals surface area contributed by atoms with E-state index in [1.54, 1.807) is 0 Å². The standard InChI is InChI=1S/C13H7BrF2N2O3/c14-11-6-8(15)1-2-12(11)17-13(19)7-3-9(16)5-10(4-7)18(20)21/h1-6H,(H,17,19). The molecule has 21 heavy (non-hydrogen) atoms. The van der Waals surface area contributed by atoms with Gasteiger partial charge in [0.15, 0.2) is 0 Å². The van der Waals surface area contributed by atoms with Crippen molar-refractivity contribution in [2.75, 3.05) is 5.32 Å². The fourth-order valence-corrected chi connectivity index (χ4v) is 2.05. The van der Waals surface area contributed by atoms with Crippen molar-refractivity contribution in [3.63, 3.8) is 0 Å². The smallest absolute Gasteiger partial charge is 0.273 e. The highest BCUT2D eigenvalue weighted by Gasteiger charge is 2.15. The van der Waals surface area contributed by atoms with Crippen LogP contribution >= 0.6 is 15.9 Å². The quantitative estimate of drug-likeness (QED) is 0.669. The Bertz CT molecular complexity index is 737. The molecule has 8 heteroatoms. The molecular weight excluding hydrogens is 350 g/mol. The Kier molecular flexibility index (Phi) is 4.27. The molecule has 2 aromatic carbocycles. The number of non-ortho nitro benzene ring substituents is 1. The molecular formula is C13H7BrF2N2O3. The maximum Gasteiger partial charge on any atom is 0.273 e. The largest absolute Gasteiger partial charge is 0.321 e. The third-order valence-electron chi connectivity index (χ3n) is 2.53. The summed E-state index contributed by atoms with van der Waals surface area (Å²) in [5.41, 5.74) is -0.482. The maximum absolute atomic E-state index is 13.3. The molecule has 5 nitrogen and oxygen atoms in total. The van der Waals surface area contributed by atoms with Gasteiger partial charge >= 0.3 is 0 Å². The van der Waals surface area contributed by atoms with E-state index >= 15 is 0 Å². The van der Waals surface area contributed by atoms with E-state index in [4.69, 9.17) is 0 Å². The maximum atomic E-state index is 13.3. The minimum Gasteiger partial charge on any atom is -0.321 e. The lowest BCUT2D eigenvalue weighted by atomic mass is 10.1. The van der Waals surface area contributed by atoms with Crippen LogP contribution in [0.3, 0.4) is 0 Å². The summed E-state index contributed by atoms with van der Waals surface area (Å²) in [6.45, 7) is 0. The summed E-state index contributed by atoms with van der Waals surface area (Å²) < 4.78 is 26.5. The molecule has 0 aliphatic heterocycles. The van der Waals surface area contributed by atoms with Gasteiger partial charge < -0.3 is 5.32 Å². The fraction of sp³-hybridized carbons (Fsp3) is 0. The highest BCUT2D eigenvalue weighted by molar-refractivity contribution is 9.10. The number of nitrogens with one attached hydrogen (secondary N) is 1. The zero-order chi connectivity index (χ0) is 15.6. The Morgan fingerprint density at radius 2 is 1.86 bits per heavy atom. The van der Waals surface area contributed by atoms with Crippen molar-refractivity contribution in [2.45, 2.75) is 0 Å². The van der Waals surface area contributed by atoms with Crippen molar-refractivity contribution in [3.05, 3.63) is 68.2 Å². The van der Waals surface area contributed by atoms with Crippen molar-refractivity contribution in [1.82, 2.24) is 0 Å². The first-order chi connectivity index (χ1) is 9.86. The summed E-state index contributed by atoms with van der Waals surface area (Å²) in [4.78, 5) is 21.8. The van der Waals surface area contributed by atoms with Gasteiger partial charge in [0.2, 0.25) is 0 Å². The fourth-order valence-electron chi connectivity index (χ4n) is 1.60. The van der Waals surface area contributed by atoms with Crippen LogP contribution in [0.4, 0.5) is 20.2 Å². The van der Waals surface area contributed by atoms with Gasteiger partial charge in [0.05, 0.1) is 16.7 Å². The number of benzene rings is 2. The Hall–Kier alpha value is -2.35. The second-order valence-electron chi connectivity index (χ2n) is 4.03. The van der Waals surface area contributed by atoms with E-state index in [9.17, 15) is 23.7 Å². The molecule has 2 rings (SSSR count). The van der Waals surface area contributed by atoms with Gasteiger partial charge in [-0.25, -0.2) is 8.78 Å². The van der Waals surface area contributed by atoms with Crippen molar-refractivity contribution >= 4 is 33.2 Å². The minimum atomic E-state index is -0.896. The van der Waals surface area contributed by atoms with E-state index in [-0.39, 0.29) is 11.3 Å². The summed E-state index contributed by atoms with van der Waals surface area (Å²) in [5, 5.41) is 13.0. The van der Waals surface area contributed by atoms with Gasteiger partial charge in [0, 0.05) is 16.1 Å². The molecule has 0 bridgehead atoms. The molecule has 0 aliphatic carbocycles. The number of hydrogen-bond acceptors (Lipinski definition) is 3. The molecule has 0 unspecified atom stereocenters. The third kappa shape index (κ3) is 3.60. The molecule has 0 saturated heterocycles. The first kappa shape index (κ1) is 15.0. The number of amides is 1. The Labute approximate surface area is 125 Å². The van der Waals surface area contributed by atoms with Gasteiger partial charge in [-0.2, -0.15) is 0 Å². The second-order valence-corrected chi connectivity index (χ2v) is 4.89. The van der Waals surface area contributed by atoms with Crippen LogP contribution in [0.2, 0.25) is 0 Å². The van der Waals surface area contributed by atoms with Gasteiger partial charge in [-0.1, -0.05) is 0 Å². The topological polar surface area (TPSA) is 72.2 Å². The molecule has 0 heterocycles. The number of carbonyl (C=O) groups is 1. The first-order valence-electron chi connectivity index (χ1n) is 5.58. The van der Waals surface area contributed by atoms with Crippen LogP contribution in [0.1, 0.15) is 10.4 Å². The van der Waals surface area contributed by atoms with E-state index in [1.165, 1.54) is 6.07 Å². The number of halogens is 3. The zero-order valence-electron chi connectivity index (χ0n) is 10.3. The Morgan fingerprint density at radius 3 is 2.48 bits per heavy atom. The van der Waals surface area contributed by atoms with E-state index in [1.807, 2.05) is 0 Å². The van der Waals surface area contributed by atoms with E-state index in [2.05, 4.69) is 21.2 Å². The number of anilines is 1. The van der Waals surface area contributed by atoms with Crippen molar-refractivity contribution < 1.29 is 18.5 Å². The van der Waals surface area contributed by atoms with Gasteiger partial charge in [0.1, 0.15) is 11.6 Å². The van der Waals surface area contributed by atoms with Crippen LogP contribution in [-0.4, -0.2) is 10.8 Å². The van der Waals surface area contributed by atoms with Gasteiger partial charge in [-0.3, -0.25) is 14.9 Å². The highest BCUT2D eigenvalue weighted by atomic mass is 79.9. The summed E-state index contributed by atoms with van der Waals surface area (Å²) in [7, 11) is 0. The van der Waals surface area contributed by atoms with Crippen LogP contribution in [0.15, 0.2) is 40.9 Å². The summed E-state index contributed by atoms with van der Waals surface area (Å²) in [6.07, 6.45) is 0. The van der Waals surface area contributed by atoms with Crippen molar-refractivity contribution in [3.8, 4) is 0 Å².